The SMILES string of the molecule is COc1ccc(NC(=O)COc2ccc(Cl)cc2[N+](=O)[O-])c(OC)c1. The highest BCUT2D eigenvalue weighted by molar-refractivity contribution is 6.30. The van der Waals surface area contributed by atoms with Crippen LogP contribution in [0.25, 0.3) is 0 Å². The smallest absolute Gasteiger partial charge is 0.312 e. The van der Waals surface area contributed by atoms with Gasteiger partial charge in [-0.1, -0.05) is 11.6 Å². The van der Waals surface area contributed by atoms with Gasteiger partial charge in [-0.25, -0.2) is 0 Å². The van der Waals surface area contributed by atoms with Crippen LogP contribution in [0.4, 0.5) is 11.4 Å². The molecule has 0 spiro atoms. The topological polar surface area (TPSA) is 99.9 Å². The summed E-state index contributed by atoms with van der Waals surface area (Å²) in [5.74, 6) is 0.423. The van der Waals surface area contributed by atoms with Crippen molar-refractivity contribution in [1.29, 1.82) is 0 Å². The zero-order valence-corrected chi connectivity index (χ0v) is 14.2. The van der Waals surface area contributed by atoms with Gasteiger partial charge < -0.3 is 19.5 Å². The van der Waals surface area contributed by atoms with E-state index in [9.17, 15) is 14.9 Å². The van der Waals surface area contributed by atoms with E-state index >= 15 is 0 Å². The Morgan fingerprint density at radius 1 is 1.16 bits per heavy atom. The third kappa shape index (κ3) is 4.74. The Bertz CT molecular complexity index is 796. The number of nitro benzene ring substituents is 1. The molecular weight excluding hydrogens is 352 g/mol. The lowest BCUT2D eigenvalue weighted by Crippen LogP contribution is -2.20. The van der Waals surface area contributed by atoms with Gasteiger partial charge in [0.15, 0.2) is 12.4 Å². The van der Waals surface area contributed by atoms with E-state index in [1.165, 1.54) is 26.4 Å². The summed E-state index contributed by atoms with van der Waals surface area (Å²) < 4.78 is 15.5. The second kappa shape index (κ2) is 8.20. The number of methoxy groups -OCH3 is 2. The molecule has 0 aliphatic rings. The number of rotatable bonds is 7. The molecule has 2 rings (SSSR count). The molecule has 0 aromatic heterocycles. The third-order valence-electron chi connectivity index (χ3n) is 3.16. The predicted octanol–water partition coefficient (Wildman–Crippen LogP) is 3.28. The summed E-state index contributed by atoms with van der Waals surface area (Å²) in [6, 6.07) is 8.81. The Morgan fingerprint density at radius 3 is 2.56 bits per heavy atom. The van der Waals surface area contributed by atoms with Crippen molar-refractivity contribution in [3.63, 3.8) is 0 Å². The molecule has 9 heteroatoms. The van der Waals surface area contributed by atoms with Gasteiger partial charge in [-0.3, -0.25) is 14.9 Å². The fraction of sp³-hybridized carbons (Fsp3) is 0.188. The largest absolute Gasteiger partial charge is 0.497 e. The lowest BCUT2D eigenvalue weighted by atomic mass is 10.2. The molecular formula is C16H15ClN2O6. The van der Waals surface area contributed by atoms with E-state index in [0.717, 1.165) is 6.07 Å². The minimum absolute atomic E-state index is 0.0498. The van der Waals surface area contributed by atoms with Crippen LogP contribution in [0.1, 0.15) is 0 Å². The molecule has 132 valence electrons. The molecule has 0 fully saturated rings. The predicted molar refractivity (Wildman–Crippen MR) is 91.8 cm³/mol. The number of nitro groups is 1. The maximum atomic E-state index is 12.0. The third-order valence-corrected chi connectivity index (χ3v) is 3.39. The van der Waals surface area contributed by atoms with E-state index in [1.54, 1.807) is 18.2 Å². The van der Waals surface area contributed by atoms with Crippen molar-refractivity contribution in [2.45, 2.75) is 0 Å². The van der Waals surface area contributed by atoms with E-state index < -0.39 is 17.4 Å². The molecule has 0 aliphatic carbocycles. The monoisotopic (exact) mass is 366 g/mol. The molecule has 0 saturated carbocycles. The molecule has 25 heavy (non-hydrogen) atoms. The zero-order valence-electron chi connectivity index (χ0n) is 13.4. The van der Waals surface area contributed by atoms with Gasteiger partial charge in [0.2, 0.25) is 0 Å². The van der Waals surface area contributed by atoms with Crippen LogP contribution in [0.2, 0.25) is 5.02 Å². The van der Waals surface area contributed by atoms with Gasteiger partial charge in [0, 0.05) is 17.2 Å². The minimum atomic E-state index is -0.633. The van der Waals surface area contributed by atoms with E-state index in [2.05, 4.69) is 5.32 Å². The van der Waals surface area contributed by atoms with Crippen LogP contribution in [0, 0.1) is 10.1 Å². The van der Waals surface area contributed by atoms with Crippen molar-refractivity contribution < 1.29 is 23.9 Å². The summed E-state index contributed by atoms with van der Waals surface area (Å²) in [4.78, 5) is 22.4. The number of carbonyl (C=O) groups excluding carboxylic acids is 1. The van der Waals surface area contributed by atoms with Crippen LogP contribution in [-0.2, 0) is 4.79 Å². The number of hydrogen-bond acceptors (Lipinski definition) is 6. The van der Waals surface area contributed by atoms with E-state index in [0.29, 0.717) is 17.2 Å². The van der Waals surface area contributed by atoms with Gasteiger partial charge in [0.05, 0.1) is 24.8 Å². The standard InChI is InChI=1S/C16H15ClN2O6/c1-23-11-4-5-12(15(8-11)24-2)18-16(20)9-25-14-6-3-10(17)7-13(14)19(21)22/h3-8H,9H2,1-2H3,(H,18,20). The second-order valence-corrected chi connectivity index (χ2v) is 5.21. The normalized spacial score (nSPS) is 10.0. The molecule has 1 N–H and O–H groups in total. The first-order valence-corrected chi connectivity index (χ1v) is 7.41. The molecule has 0 aliphatic heterocycles. The van der Waals surface area contributed by atoms with Gasteiger partial charge in [0.25, 0.3) is 5.91 Å². The first-order valence-electron chi connectivity index (χ1n) is 7.03. The number of nitrogens with zero attached hydrogens (tertiary/aromatic N) is 1. The van der Waals surface area contributed by atoms with Crippen molar-refractivity contribution in [2.24, 2.45) is 0 Å². The summed E-state index contributed by atoms with van der Waals surface area (Å²) >= 11 is 5.73. The number of amides is 1. The number of halogens is 1. The van der Waals surface area contributed by atoms with Crippen LogP contribution in [0.15, 0.2) is 36.4 Å². The molecule has 1 amide bonds. The molecule has 0 unspecified atom stereocenters. The van der Waals surface area contributed by atoms with Crippen molar-refractivity contribution in [3.05, 3.63) is 51.5 Å². The van der Waals surface area contributed by atoms with Crippen LogP contribution in [0.5, 0.6) is 17.2 Å². The number of carbonyl (C=O) groups is 1. The minimum Gasteiger partial charge on any atom is -0.497 e. The van der Waals surface area contributed by atoms with Crippen LogP contribution < -0.4 is 19.5 Å². The van der Waals surface area contributed by atoms with E-state index in [4.69, 9.17) is 25.8 Å². The Labute approximate surface area is 148 Å². The molecule has 8 nitrogen and oxygen atoms in total. The molecule has 0 atom stereocenters. The Hall–Kier alpha value is -3.00. The van der Waals surface area contributed by atoms with Crippen LogP contribution in [-0.4, -0.2) is 31.7 Å². The van der Waals surface area contributed by atoms with Crippen molar-refractivity contribution in [3.8, 4) is 17.2 Å². The number of ether oxygens (including phenoxy) is 3. The Kier molecular flexibility index (Phi) is 6.02. The first-order chi connectivity index (χ1) is 11.9. The number of benzene rings is 2. The molecule has 2 aromatic rings. The highest BCUT2D eigenvalue weighted by Crippen LogP contribution is 2.31. The number of anilines is 1. The van der Waals surface area contributed by atoms with Crippen LogP contribution in [0.3, 0.4) is 0 Å². The Morgan fingerprint density at radius 2 is 1.92 bits per heavy atom. The lowest BCUT2D eigenvalue weighted by molar-refractivity contribution is -0.385. The first kappa shape index (κ1) is 18.3. The fourth-order valence-corrected chi connectivity index (χ4v) is 2.15. The van der Waals surface area contributed by atoms with Gasteiger partial charge in [0.1, 0.15) is 11.5 Å². The molecule has 2 aromatic carbocycles. The van der Waals surface area contributed by atoms with E-state index in [1.807, 2.05) is 0 Å². The number of nitrogens with one attached hydrogen (secondary N) is 1. The second-order valence-electron chi connectivity index (χ2n) is 4.77. The van der Waals surface area contributed by atoms with E-state index in [-0.39, 0.29) is 16.5 Å². The number of hydrogen-bond donors (Lipinski definition) is 1. The lowest BCUT2D eigenvalue weighted by Gasteiger charge is -2.12. The van der Waals surface area contributed by atoms with Crippen molar-refractivity contribution in [2.75, 3.05) is 26.1 Å². The van der Waals surface area contributed by atoms with Gasteiger partial charge in [-0.05, 0) is 24.3 Å². The van der Waals surface area contributed by atoms with Gasteiger partial charge >= 0.3 is 5.69 Å². The fourth-order valence-electron chi connectivity index (χ4n) is 1.99. The van der Waals surface area contributed by atoms with Crippen molar-refractivity contribution >= 4 is 28.9 Å². The maximum Gasteiger partial charge on any atom is 0.312 e. The molecule has 0 radical (unpaired) electrons. The summed E-state index contributed by atoms with van der Waals surface area (Å²) in [6.07, 6.45) is 0. The summed E-state index contributed by atoms with van der Waals surface area (Å²) in [5, 5.41) is 13.8. The summed E-state index contributed by atoms with van der Waals surface area (Å²) in [6.45, 7) is -0.419. The summed E-state index contributed by atoms with van der Waals surface area (Å²) in [7, 11) is 2.97. The zero-order chi connectivity index (χ0) is 18.4. The summed E-state index contributed by atoms with van der Waals surface area (Å²) in [5.41, 5.74) is 0.102. The molecule has 0 bridgehead atoms. The quantitative estimate of drug-likeness (QED) is 0.596. The molecule has 0 saturated heterocycles. The maximum absolute atomic E-state index is 12.0. The van der Waals surface area contributed by atoms with Gasteiger partial charge in [-0.2, -0.15) is 0 Å². The average Bonchev–Trinajstić information content (AvgIpc) is 2.60. The average molecular weight is 367 g/mol. The van der Waals surface area contributed by atoms with Gasteiger partial charge in [-0.15, -0.1) is 0 Å². The van der Waals surface area contributed by atoms with Crippen molar-refractivity contribution in [1.82, 2.24) is 0 Å². The van der Waals surface area contributed by atoms with Crippen LogP contribution >= 0.6 is 11.6 Å². The molecule has 0 heterocycles. The highest BCUT2D eigenvalue weighted by atomic mass is 35.5. The highest BCUT2D eigenvalue weighted by Gasteiger charge is 2.17. The Balaban J connectivity index is 2.06.